The fraction of sp³-hybridized carbons (Fsp3) is 0.909. The van der Waals surface area contributed by atoms with Crippen LogP contribution < -0.4 is 0 Å². The third-order valence-electron chi connectivity index (χ3n) is 2.28. The second-order valence-electron chi connectivity index (χ2n) is 4.92. The Morgan fingerprint density at radius 3 is 2.00 bits per heavy atom. The predicted octanol–water partition coefficient (Wildman–Crippen LogP) is 2.66. The molecule has 0 amide bonds. The van der Waals surface area contributed by atoms with Gasteiger partial charge in [0, 0.05) is 19.4 Å². The lowest BCUT2D eigenvalue weighted by molar-refractivity contribution is -0.126. The lowest BCUT2D eigenvalue weighted by Gasteiger charge is -2.29. The van der Waals surface area contributed by atoms with E-state index >= 15 is 0 Å². The van der Waals surface area contributed by atoms with E-state index < -0.39 is 0 Å². The Kier molecular flexibility index (Phi) is 4.62. The Morgan fingerprint density at radius 1 is 1.31 bits per heavy atom. The van der Waals surface area contributed by atoms with Gasteiger partial charge in [0.05, 0.1) is 6.10 Å². The Morgan fingerprint density at radius 2 is 1.77 bits per heavy atom. The summed E-state index contributed by atoms with van der Waals surface area (Å²) in [7, 11) is 1.67. The van der Waals surface area contributed by atoms with Crippen molar-refractivity contribution in [3.63, 3.8) is 0 Å². The second kappa shape index (κ2) is 4.75. The highest BCUT2D eigenvalue weighted by Crippen LogP contribution is 2.25. The van der Waals surface area contributed by atoms with Gasteiger partial charge < -0.3 is 4.74 Å². The fourth-order valence-corrected chi connectivity index (χ4v) is 1.16. The van der Waals surface area contributed by atoms with Gasteiger partial charge in [-0.25, -0.2) is 0 Å². The molecule has 0 saturated heterocycles. The number of Topliss-reactive ketones (excluding diaryl/α,β-unsaturated/α-hetero) is 1. The summed E-state index contributed by atoms with van der Waals surface area (Å²) < 4.78 is 5.31. The van der Waals surface area contributed by atoms with Crippen LogP contribution in [0.25, 0.3) is 0 Å². The van der Waals surface area contributed by atoms with E-state index in [1.165, 1.54) is 0 Å². The van der Waals surface area contributed by atoms with Crippen molar-refractivity contribution in [3.05, 3.63) is 0 Å². The van der Waals surface area contributed by atoms with Gasteiger partial charge in [0.15, 0.2) is 0 Å². The van der Waals surface area contributed by atoms with Crippen molar-refractivity contribution in [1.82, 2.24) is 0 Å². The van der Waals surface area contributed by atoms with Crippen molar-refractivity contribution in [2.45, 2.75) is 47.1 Å². The highest BCUT2D eigenvalue weighted by atomic mass is 16.5. The number of ketones is 1. The normalized spacial score (nSPS) is 14.7. The highest BCUT2D eigenvalue weighted by molar-refractivity contribution is 5.80. The van der Waals surface area contributed by atoms with E-state index in [-0.39, 0.29) is 23.2 Å². The van der Waals surface area contributed by atoms with E-state index in [1.807, 2.05) is 13.8 Å². The van der Waals surface area contributed by atoms with Crippen molar-refractivity contribution in [1.29, 1.82) is 0 Å². The molecule has 0 spiro atoms. The summed E-state index contributed by atoms with van der Waals surface area (Å²) in [6.07, 6.45) is 0.555. The van der Waals surface area contributed by atoms with Gasteiger partial charge in [-0.2, -0.15) is 0 Å². The molecule has 0 aliphatic rings. The molecule has 13 heavy (non-hydrogen) atoms. The zero-order valence-electron chi connectivity index (χ0n) is 9.68. The lowest BCUT2D eigenvalue weighted by atomic mass is 9.84. The van der Waals surface area contributed by atoms with Crippen LogP contribution in [0.1, 0.15) is 41.0 Å². The van der Waals surface area contributed by atoms with Gasteiger partial charge in [-0.15, -0.1) is 0 Å². The summed E-state index contributed by atoms with van der Waals surface area (Å²) in [5, 5.41) is 0. The molecule has 0 aromatic rings. The average Bonchev–Trinajstić information content (AvgIpc) is 1.96. The third kappa shape index (κ3) is 4.41. The first-order chi connectivity index (χ1) is 5.79. The van der Waals surface area contributed by atoms with Crippen LogP contribution in [0.2, 0.25) is 0 Å². The number of hydrogen-bond donors (Lipinski definition) is 0. The molecule has 0 aromatic carbocycles. The number of ether oxygens (including phenoxy) is 1. The maximum absolute atomic E-state index is 11.5. The van der Waals surface area contributed by atoms with Crippen molar-refractivity contribution < 1.29 is 9.53 Å². The van der Waals surface area contributed by atoms with Crippen LogP contribution in [0.15, 0.2) is 0 Å². The van der Waals surface area contributed by atoms with Crippen LogP contribution in [-0.2, 0) is 9.53 Å². The number of methoxy groups -OCH3 is 1. The van der Waals surface area contributed by atoms with Gasteiger partial charge in [0.25, 0.3) is 0 Å². The van der Waals surface area contributed by atoms with Crippen LogP contribution >= 0.6 is 0 Å². The Balaban J connectivity index is 4.22. The molecule has 1 unspecified atom stereocenters. The molecule has 78 valence electrons. The summed E-state index contributed by atoms with van der Waals surface area (Å²) >= 11 is 0. The smallest absolute Gasteiger partial charge is 0.138 e. The van der Waals surface area contributed by atoms with Gasteiger partial charge in [-0.05, 0) is 5.41 Å². The van der Waals surface area contributed by atoms with E-state index in [1.54, 1.807) is 7.11 Å². The Labute approximate surface area is 81.7 Å². The van der Waals surface area contributed by atoms with E-state index in [4.69, 9.17) is 4.74 Å². The summed E-state index contributed by atoms with van der Waals surface area (Å²) in [6, 6.07) is 0. The fourth-order valence-electron chi connectivity index (χ4n) is 1.16. The van der Waals surface area contributed by atoms with Crippen molar-refractivity contribution in [2.24, 2.45) is 11.3 Å². The van der Waals surface area contributed by atoms with Crippen molar-refractivity contribution in [3.8, 4) is 0 Å². The molecule has 0 aromatic heterocycles. The number of carbonyl (C=O) groups is 1. The largest absolute Gasteiger partial charge is 0.380 e. The first kappa shape index (κ1) is 12.6. The van der Waals surface area contributed by atoms with Crippen LogP contribution in [-0.4, -0.2) is 19.0 Å². The van der Waals surface area contributed by atoms with Gasteiger partial charge in [0.1, 0.15) is 5.78 Å². The molecule has 0 N–H and O–H groups in total. The maximum atomic E-state index is 11.5. The van der Waals surface area contributed by atoms with Gasteiger partial charge >= 0.3 is 0 Å². The number of rotatable bonds is 4. The highest BCUT2D eigenvalue weighted by Gasteiger charge is 2.27. The molecule has 0 aliphatic carbocycles. The lowest BCUT2D eigenvalue weighted by Crippen LogP contribution is -2.31. The molecule has 0 heterocycles. The summed E-state index contributed by atoms with van der Waals surface area (Å²) in [5.74, 6) is 0.391. The molecular formula is C11H22O2. The Bertz CT molecular complexity index is 165. The summed E-state index contributed by atoms with van der Waals surface area (Å²) in [6.45, 7) is 10.1. The quantitative estimate of drug-likeness (QED) is 0.674. The first-order valence-corrected chi connectivity index (χ1v) is 4.84. The molecule has 2 nitrogen and oxygen atoms in total. The number of carbonyl (C=O) groups excluding carboxylic acids is 1. The molecule has 0 saturated carbocycles. The number of hydrogen-bond acceptors (Lipinski definition) is 2. The monoisotopic (exact) mass is 186 g/mol. The third-order valence-corrected chi connectivity index (χ3v) is 2.28. The van der Waals surface area contributed by atoms with Crippen molar-refractivity contribution >= 4 is 5.78 Å². The van der Waals surface area contributed by atoms with E-state index in [9.17, 15) is 4.79 Å². The molecule has 2 heteroatoms. The molecule has 0 fully saturated rings. The van der Waals surface area contributed by atoms with Gasteiger partial charge in [-0.3, -0.25) is 4.79 Å². The zero-order chi connectivity index (χ0) is 10.6. The Hall–Kier alpha value is -0.370. The molecule has 1 atom stereocenters. The maximum Gasteiger partial charge on any atom is 0.138 e. The molecule has 0 aliphatic heterocycles. The van der Waals surface area contributed by atoms with Crippen LogP contribution in [0.4, 0.5) is 0 Å². The predicted molar refractivity (Wildman–Crippen MR) is 54.7 cm³/mol. The average molecular weight is 186 g/mol. The van der Waals surface area contributed by atoms with Crippen LogP contribution in [0, 0.1) is 11.3 Å². The minimum Gasteiger partial charge on any atom is -0.380 e. The topological polar surface area (TPSA) is 26.3 Å². The first-order valence-electron chi connectivity index (χ1n) is 4.84. The molecule has 0 rings (SSSR count). The standard InChI is InChI=1S/C11H22O2/c1-8(2)9(12)7-10(13-6)11(3,4)5/h8,10H,7H2,1-6H3. The summed E-state index contributed by atoms with van der Waals surface area (Å²) in [4.78, 5) is 11.5. The zero-order valence-corrected chi connectivity index (χ0v) is 9.68. The van der Waals surface area contributed by atoms with Crippen LogP contribution in [0.3, 0.4) is 0 Å². The van der Waals surface area contributed by atoms with Gasteiger partial charge in [-0.1, -0.05) is 34.6 Å². The second-order valence-corrected chi connectivity index (χ2v) is 4.92. The minimum atomic E-state index is 0.0300. The van der Waals surface area contributed by atoms with E-state index in [0.29, 0.717) is 6.42 Å². The summed E-state index contributed by atoms with van der Waals surface area (Å²) in [5.41, 5.74) is 0.0410. The SMILES string of the molecule is COC(CC(=O)C(C)C)C(C)(C)C. The van der Waals surface area contributed by atoms with Crippen molar-refractivity contribution in [2.75, 3.05) is 7.11 Å². The molecule has 0 radical (unpaired) electrons. The van der Waals surface area contributed by atoms with Crippen LogP contribution in [0.5, 0.6) is 0 Å². The van der Waals surface area contributed by atoms with E-state index in [0.717, 1.165) is 0 Å². The van der Waals surface area contributed by atoms with Gasteiger partial charge in [0.2, 0.25) is 0 Å². The molecular weight excluding hydrogens is 164 g/mol. The molecule has 0 bridgehead atoms. The minimum absolute atomic E-state index is 0.0300. The van der Waals surface area contributed by atoms with E-state index in [2.05, 4.69) is 20.8 Å².